The molecule has 2 amide bonds. The van der Waals surface area contributed by atoms with Gasteiger partial charge in [0.2, 0.25) is 0 Å². The minimum atomic E-state index is -0.367. The highest BCUT2D eigenvalue weighted by Crippen LogP contribution is 2.34. The van der Waals surface area contributed by atoms with Crippen LogP contribution in [0.15, 0.2) is 30.5 Å². The quantitative estimate of drug-likeness (QED) is 0.812. The highest BCUT2D eigenvalue weighted by atomic mass is 16.5. The minimum Gasteiger partial charge on any atom is -0.493 e. The number of nitrogens with zero attached hydrogens (tertiary/aromatic N) is 3. The zero-order valence-electron chi connectivity index (χ0n) is 15.7. The summed E-state index contributed by atoms with van der Waals surface area (Å²) in [6.07, 6.45) is 5.37. The molecular weight excluding hydrogens is 346 g/mol. The Balaban J connectivity index is 1.60. The molecule has 1 aliphatic heterocycles. The summed E-state index contributed by atoms with van der Waals surface area (Å²) >= 11 is 0. The molecule has 1 aromatic heterocycles. The number of amides is 2. The topological polar surface area (TPSA) is 88.6 Å². The predicted molar refractivity (Wildman–Crippen MR) is 104 cm³/mol. The van der Waals surface area contributed by atoms with Crippen LogP contribution in [0, 0.1) is 0 Å². The maximum atomic E-state index is 12.3. The van der Waals surface area contributed by atoms with E-state index in [2.05, 4.69) is 25.5 Å². The van der Waals surface area contributed by atoms with Gasteiger partial charge in [-0.15, -0.1) is 0 Å². The fourth-order valence-electron chi connectivity index (χ4n) is 3.08. The van der Waals surface area contributed by atoms with E-state index in [4.69, 9.17) is 9.47 Å². The lowest BCUT2D eigenvalue weighted by Gasteiger charge is -2.27. The van der Waals surface area contributed by atoms with Crippen LogP contribution >= 0.6 is 0 Å². The van der Waals surface area contributed by atoms with E-state index in [1.54, 1.807) is 31.5 Å². The molecule has 1 aromatic carbocycles. The summed E-state index contributed by atoms with van der Waals surface area (Å²) < 4.78 is 10.6. The lowest BCUT2D eigenvalue weighted by molar-refractivity contribution is 0.251. The van der Waals surface area contributed by atoms with Crippen molar-refractivity contribution >= 4 is 17.5 Å². The van der Waals surface area contributed by atoms with Gasteiger partial charge in [0, 0.05) is 19.3 Å². The average molecular weight is 371 g/mol. The number of hydrogen-bond donors (Lipinski definition) is 2. The van der Waals surface area contributed by atoms with Crippen LogP contribution in [-0.2, 0) is 6.54 Å². The van der Waals surface area contributed by atoms with Gasteiger partial charge in [0.15, 0.2) is 11.5 Å². The van der Waals surface area contributed by atoms with Crippen LogP contribution in [0.4, 0.5) is 16.3 Å². The number of carbonyl (C=O) groups excluding carboxylic acids is 1. The summed E-state index contributed by atoms with van der Waals surface area (Å²) in [6.45, 7) is 2.26. The molecule has 8 heteroatoms. The van der Waals surface area contributed by atoms with Crippen molar-refractivity contribution in [2.75, 3.05) is 37.5 Å². The summed E-state index contributed by atoms with van der Waals surface area (Å²) in [6, 6.07) is 6.84. The molecule has 0 radical (unpaired) electrons. The largest absolute Gasteiger partial charge is 0.493 e. The molecule has 2 aromatic rings. The first-order valence-electron chi connectivity index (χ1n) is 9.04. The van der Waals surface area contributed by atoms with Crippen LogP contribution < -0.4 is 25.0 Å². The number of urea groups is 1. The maximum absolute atomic E-state index is 12.3. The van der Waals surface area contributed by atoms with E-state index in [0.717, 1.165) is 18.9 Å². The van der Waals surface area contributed by atoms with Crippen molar-refractivity contribution in [3.05, 3.63) is 36.3 Å². The van der Waals surface area contributed by atoms with Crippen molar-refractivity contribution in [1.82, 2.24) is 15.3 Å². The van der Waals surface area contributed by atoms with E-state index in [1.165, 1.54) is 26.4 Å². The van der Waals surface area contributed by atoms with Gasteiger partial charge in [0.25, 0.3) is 0 Å². The molecule has 0 atom stereocenters. The second-order valence-corrected chi connectivity index (χ2v) is 6.23. The Morgan fingerprint density at radius 2 is 1.96 bits per heavy atom. The van der Waals surface area contributed by atoms with Gasteiger partial charge >= 0.3 is 6.03 Å². The van der Waals surface area contributed by atoms with Crippen molar-refractivity contribution in [2.45, 2.75) is 25.8 Å². The van der Waals surface area contributed by atoms with Crippen LogP contribution in [-0.4, -0.2) is 43.3 Å². The van der Waals surface area contributed by atoms with Crippen LogP contribution in [0.25, 0.3) is 0 Å². The van der Waals surface area contributed by atoms with Gasteiger partial charge in [-0.2, -0.15) is 0 Å². The zero-order valence-corrected chi connectivity index (χ0v) is 15.7. The lowest BCUT2D eigenvalue weighted by Crippen LogP contribution is -2.31. The molecule has 0 spiro atoms. The maximum Gasteiger partial charge on any atom is 0.319 e. The van der Waals surface area contributed by atoms with E-state index in [9.17, 15) is 4.79 Å². The molecule has 0 unspecified atom stereocenters. The van der Waals surface area contributed by atoms with Gasteiger partial charge in [-0.05, 0) is 37.5 Å². The fraction of sp³-hybridized carbons (Fsp3) is 0.421. The van der Waals surface area contributed by atoms with E-state index < -0.39 is 0 Å². The van der Waals surface area contributed by atoms with Crippen LogP contribution in [0.3, 0.4) is 0 Å². The predicted octanol–water partition coefficient (Wildman–Crippen LogP) is 2.81. The summed E-state index contributed by atoms with van der Waals surface area (Å²) in [7, 11) is 3.08. The zero-order chi connectivity index (χ0) is 19.1. The number of piperidine rings is 1. The van der Waals surface area contributed by atoms with Crippen molar-refractivity contribution < 1.29 is 14.3 Å². The van der Waals surface area contributed by atoms with Gasteiger partial charge in [-0.1, -0.05) is 6.07 Å². The monoisotopic (exact) mass is 371 g/mol. The van der Waals surface area contributed by atoms with Crippen molar-refractivity contribution in [3.8, 4) is 11.5 Å². The number of anilines is 2. The normalized spacial score (nSPS) is 13.8. The fourth-order valence-corrected chi connectivity index (χ4v) is 3.08. The minimum absolute atomic E-state index is 0.236. The standard InChI is InChI=1S/C19H25N5O3/c1-26-15-8-6-7-14(18(15)27-2)22-19(25)21-13-16-20-10-9-17(23-16)24-11-4-3-5-12-24/h6-10H,3-5,11-13H2,1-2H3,(H2,21,22,25). The third-order valence-corrected chi connectivity index (χ3v) is 4.43. The van der Waals surface area contributed by atoms with E-state index in [1.807, 2.05) is 6.07 Å². The molecule has 2 N–H and O–H groups in total. The van der Waals surface area contributed by atoms with Gasteiger partial charge in [0.1, 0.15) is 11.6 Å². The Bertz CT molecular complexity index is 778. The summed E-state index contributed by atoms with van der Waals surface area (Å²) in [5.74, 6) is 2.51. The Hall–Kier alpha value is -3.03. The molecule has 8 nitrogen and oxygen atoms in total. The molecule has 1 fully saturated rings. The first kappa shape index (κ1) is 18.8. The van der Waals surface area contributed by atoms with Crippen molar-refractivity contribution in [3.63, 3.8) is 0 Å². The summed E-state index contributed by atoms with van der Waals surface area (Å²) in [4.78, 5) is 23.3. The number of benzene rings is 1. The van der Waals surface area contributed by atoms with Crippen LogP contribution in [0.1, 0.15) is 25.1 Å². The Labute approximate surface area is 158 Å². The number of rotatable bonds is 6. The van der Waals surface area contributed by atoms with Gasteiger partial charge in [-0.25, -0.2) is 14.8 Å². The highest BCUT2D eigenvalue weighted by Gasteiger charge is 2.14. The smallest absolute Gasteiger partial charge is 0.319 e. The van der Waals surface area contributed by atoms with E-state index >= 15 is 0 Å². The number of ether oxygens (including phenoxy) is 2. The van der Waals surface area contributed by atoms with Gasteiger partial charge < -0.3 is 25.0 Å². The molecule has 0 bridgehead atoms. The number of aromatic nitrogens is 2. The van der Waals surface area contributed by atoms with Crippen LogP contribution in [0.2, 0.25) is 0 Å². The molecule has 0 saturated carbocycles. The molecule has 0 aliphatic carbocycles. The number of nitrogens with one attached hydrogen (secondary N) is 2. The second-order valence-electron chi connectivity index (χ2n) is 6.23. The Morgan fingerprint density at radius 3 is 2.70 bits per heavy atom. The van der Waals surface area contributed by atoms with Crippen molar-refractivity contribution in [1.29, 1.82) is 0 Å². The number of hydrogen-bond acceptors (Lipinski definition) is 6. The Kier molecular flexibility index (Phi) is 6.30. The molecular formula is C19H25N5O3. The van der Waals surface area contributed by atoms with E-state index in [0.29, 0.717) is 23.0 Å². The number of methoxy groups -OCH3 is 2. The molecule has 1 aliphatic rings. The Morgan fingerprint density at radius 1 is 1.15 bits per heavy atom. The van der Waals surface area contributed by atoms with E-state index in [-0.39, 0.29) is 12.6 Å². The number of carbonyl (C=O) groups is 1. The summed E-state index contributed by atoms with van der Waals surface area (Å²) in [5.41, 5.74) is 0.525. The SMILES string of the molecule is COc1cccc(NC(=O)NCc2nccc(N3CCCCC3)n2)c1OC. The molecule has 3 rings (SSSR count). The van der Waals surface area contributed by atoms with Gasteiger partial charge in [-0.3, -0.25) is 0 Å². The van der Waals surface area contributed by atoms with Crippen LogP contribution in [0.5, 0.6) is 11.5 Å². The third-order valence-electron chi connectivity index (χ3n) is 4.43. The first-order chi connectivity index (χ1) is 13.2. The third kappa shape index (κ3) is 4.78. The highest BCUT2D eigenvalue weighted by molar-refractivity contribution is 5.91. The lowest BCUT2D eigenvalue weighted by atomic mass is 10.1. The molecule has 2 heterocycles. The second kappa shape index (κ2) is 9.07. The molecule has 1 saturated heterocycles. The van der Waals surface area contributed by atoms with Gasteiger partial charge in [0.05, 0.1) is 26.5 Å². The molecule has 144 valence electrons. The first-order valence-corrected chi connectivity index (χ1v) is 9.04. The summed E-state index contributed by atoms with van der Waals surface area (Å²) in [5, 5.41) is 5.54. The molecule has 27 heavy (non-hydrogen) atoms. The van der Waals surface area contributed by atoms with Crippen molar-refractivity contribution in [2.24, 2.45) is 0 Å². The average Bonchev–Trinajstić information content (AvgIpc) is 2.73. The number of para-hydroxylation sites is 1.